The van der Waals surface area contributed by atoms with Crippen molar-refractivity contribution in [2.45, 2.75) is 32.6 Å². The molecule has 0 unspecified atom stereocenters. The number of carbonyl (C=O) groups is 1. The Balaban J connectivity index is 2.38. The fourth-order valence-corrected chi connectivity index (χ4v) is 1.84. The largest absolute Gasteiger partial charge is 0.494 e. The molecule has 0 saturated carbocycles. The maximum atomic E-state index is 11.9. The molecule has 106 valence electrons. The van der Waals surface area contributed by atoms with Gasteiger partial charge in [-0.25, -0.2) is 0 Å². The number of alkyl halides is 1. The van der Waals surface area contributed by atoms with Gasteiger partial charge in [-0.3, -0.25) is 4.79 Å². The lowest BCUT2D eigenvalue weighted by Crippen LogP contribution is -2.24. The first-order valence-electron chi connectivity index (χ1n) is 6.85. The number of halogens is 1. The minimum absolute atomic E-state index is 0.0483. The van der Waals surface area contributed by atoms with Crippen LogP contribution in [-0.2, 0) is 0 Å². The van der Waals surface area contributed by atoms with E-state index in [9.17, 15) is 4.79 Å². The lowest BCUT2D eigenvalue weighted by atomic mass is 10.2. The standard InChI is InChI=1S/C15H22ClNO2/c1-2-11-19-14-8-6-7-13(12-14)15(18)17-10-5-3-4-9-16/h6-8,12H,2-5,9-11H2,1H3,(H,17,18). The molecule has 1 rings (SSSR count). The number of carbonyl (C=O) groups excluding carboxylic acids is 1. The number of amides is 1. The maximum Gasteiger partial charge on any atom is 0.251 e. The van der Waals surface area contributed by atoms with Gasteiger partial charge in [0.25, 0.3) is 5.91 Å². The quantitative estimate of drug-likeness (QED) is 0.555. The molecule has 19 heavy (non-hydrogen) atoms. The summed E-state index contributed by atoms with van der Waals surface area (Å²) < 4.78 is 5.51. The Kier molecular flexibility index (Phi) is 8.07. The van der Waals surface area contributed by atoms with E-state index in [0.717, 1.165) is 31.4 Å². The van der Waals surface area contributed by atoms with Crippen LogP contribution >= 0.6 is 11.6 Å². The van der Waals surface area contributed by atoms with Crippen molar-refractivity contribution in [1.82, 2.24) is 5.32 Å². The van der Waals surface area contributed by atoms with Crippen LogP contribution in [0, 0.1) is 0 Å². The Hall–Kier alpha value is -1.22. The molecule has 3 nitrogen and oxygen atoms in total. The molecule has 1 aromatic rings. The molecule has 0 bridgehead atoms. The van der Waals surface area contributed by atoms with Crippen LogP contribution < -0.4 is 10.1 Å². The van der Waals surface area contributed by atoms with E-state index in [-0.39, 0.29) is 5.91 Å². The Morgan fingerprint density at radius 3 is 2.89 bits per heavy atom. The molecule has 0 saturated heterocycles. The molecule has 1 N–H and O–H groups in total. The third-order valence-electron chi connectivity index (χ3n) is 2.67. The van der Waals surface area contributed by atoms with E-state index in [1.54, 1.807) is 12.1 Å². The first-order chi connectivity index (χ1) is 9.27. The van der Waals surface area contributed by atoms with Gasteiger partial charge in [0, 0.05) is 18.0 Å². The second-order valence-corrected chi connectivity index (χ2v) is 4.76. The molecule has 4 heteroatoms. The second-order valence-electron chi connectivity index (χ2n) is 4.38. The summed E-state index contributed by atoms with van der Waals surface area (Å²) in [5.74, 6) is 1.38. The molecule has 0 aromatic heterocycles. The normalized spacial score (nSPS) is 10.2. The highest BCUT2D eigenvalue weighted by Gasteiger charge is 2.05. The van der Waals surface area contributed by atoms with E-state index in [1.165, 1.54) is 0 Å². The van der Waals surface area contributed by atoms with Gasteiger partial charge in [-0.05, 0) is 37.5 Å². The lowest BCUT2D eigenvalue weighted by molar-refractivity contribution is 0.0952. The Morgan fingerprint density at radius 1 is 1.32 bits per heavy atom. The highest BCUT2D eigenvalue weighted by molar-refractivity contribution is 6.17. The van der Waals surface area contributed by atoms with Crippen LogP contribution in [0.5, 0.6) is 5.75 Å². The van der Waals surface area contributed by atoms with E-state index in [4.69, 9.17) is 16.3 Å². The zero-order valence-electron chi connectivity index (χ0n) is 11.5. The zero-order chi connectivity index (χ0) is 13.9. The van der Waals surface area contributed by atoms with Crippen molar-refractivity contribution in [1.29, 1.82) is 0 Å². The van der Waals surface area contributed by atoms with Crippen LogP contribution in [0.1, 0.15) is 43.0 Å². The maximum absolute atomic E-state index is 11.9. The van der Waals surface area contributed by atoms with Crippen molar-refractivity contribution in [2.75, 3.05) is 19.0 Å². The predicted molar refractivity (Wildman–Crippen MR) is 79.1 cm³/mol. The summed E-state index contributed by atoms with van der Waals surface area (Å²) >= 11 is 5.60. The zero-order valence-corrected chi connectivity index (χ0v) is 12.2. The molecule has 0 aliphatic heterocycles. The van der Waals surface area contributed by atoms with Gasteiger partial charge >= 0.3 is 0 Å². The first-order valence-corrected chi connectivity index (χ1v) is 7.38. The topological polar surface area (TPSA) is 38.3 Å². The SMILES string of the molecule is CCCOc1cccc(C(=O)NCCCCCCl)c1. The molecule has 1 amide bonds. The Bertz CT molecular complexity index is 382. The smallest absolute Gasteiger partial charge is 0.251 e. The fourth-order valence-electron chi connectivity index (χ4n) is 1.65. The molecular weight excluding hydrogens is 262 g/mol. The number of unbranched alkanes of at least 4 members (excludes halogenated alkanes) is 2. The molecule has 0 fully saturated rings. The van der Waals surface area contributed by atoms with Crippen LogP contribution in [-0.4, -0.2) is 24.9 Å². The number of nitrogens with one attached hydrogen (secondary N) is 1. The molecule has 0 heterocycles. The third-order valence-corrected chi connectivity index (χ3v) is 2.93. The average molecular weight is 284 g/mol. The number of rotatable bonds is 9. The van der Waals surface area contributed by atoms with E-state index >= 15 is 0 Å². The van der Waals surface area contributed by atoms with Gasteiger partial charge in [0.2, 0.25) is 0 Å². The van der Waals surface area contributed by atoms with Crippen molar-refractivity contribution < 1.29 is 9.53 Å². The van der Waals surface area contributed by atoms with Gasteiger partial charge in [-0.1, -0.05) is 19.4 Å². The van der Waals surface area contributed by atoms with Crippen molar-refractivity contribution >= 4 is 17.5 Å². The summed E-state index contributed by atoms with van der Waals surface area (Å²) in [5.41, 5.74) is 0.644. The van der Waals surface area contributed by atoms with Crippen LogP contribution in [0.2, 0.25) is 0 Å². The van der Waals surface area contributed by atoms with Crippen LogP contribution in [0.15, 0.2) is 24.3 Å². The fraction of sp³-hybridized carbons (Fsp3) is 0.533. The molecule has 0 aliphatic rings. The summed E-state index contributed by atoms with van der Waals surface area (Å²) in [5, 5.41) is 2.90. The molecular formula is C15H22ClNO2. The molecule has 0 aliphatic carbocycles. The molecule has 0 atom stereocenters. The van der Waals surface area contributed by atoms with Crippen LogP contribution in [0.3, 0.4) is 0 Å². The van der Waals surface area contributed by atoms with Gasteiger partial charge in [0.1, 0.15) is 5.75 Å². The van der Waals surface area contributed by atoms with Gasteiger partial charge in [0.15, 0.2) is 0 Å². The van der Waals surface area contributed by atoms with Crippen molar-refractivity contribution in [2.24, 2.45) is 0 Å². The van der Waals surface area contributed by atoms with Gasteiger partial charge in [-0.2, -0.15) is 0 Å². The van der Waals surface area contributed by atoms with E-state index in [2.05, 4.69) is 12.2 Å². The minimum atomic E-state index is -0.0483. The summed E-state index contributed by atoms with van der Waals surface area (Å²) in [7, 11) is 0. The van der Waals surface area contributed by atoms with Crippen molar-refractivity contribution in [3.8, 4) is 5.75 Å². The van der Waals surface area contributed by atoms with Gasteiger partial charge in [-0.15, -0.1) is 11.6 Å². The summed E-state index contributed by atoms with van der Waals surface area (Å²) in [6.07, 6.45) is 3.96. The molecule has 0 spiro atoms. The van der Waals surface area contributed by atoms with Gasteiger partial charge < -0.3 is 10.1 Å². The lowest BCUT2D eigenvalue weighted by Gasteiger charge is -2.08. The summed E-state index contributed by atoms with van der Waals surface area (Å²) in [6.45, 7) is 3.41. The van der Waals surface area contributed by atoms with Crippen LogP contribution in [0.4, 0.5) is 0 Å². The van der Waals surface area contributed by atoms with E-state index in [1.807, 2.05) is 12.1 Å². The number of hydrogen-bond donors (Lipinski definition) is 1. The first kappa shape index (κ1) is 15.8. The number of hydrogen-bond acceptors (Lipinski definition) is 2. The Labute approximate surface area is 120 Å². The highest BCUT2D eigenvalue weighted by atomic mass is 35.5. The summed E-state index contributed by atoms with van der Waals surface area (Å²) in [4.78, 5) is 11.9. The second kappa shape index (κ2) is 9.68. The highest BCUT2D eigenvalue weighted by Crippen LogP contribution is 2.13. The number of ether oxygens (including phenoxy) is 1. The number of benzene rings is 1. The van der Waals surface area contributed by atoms with E-state index in [0.29, 0.717) is 24.6 Å². The van der Waals surface area contributed by atoms with Crippen LogP contribution in [0.25, 0.3) is 0 Å². The average Bonchev–Trinajstić information content (AvgIpc) is 2.45. The van der Waals surface area contributed by atoms with Crippen molar-refractivity contribution in [3.63, 3.8) is 0 Å². The monoisotopic (exact) mass is 283 g/mol. The summed E-state index contributed by atoms with van der Waals surface area (Å²) in [6, 6.07) is 7.29. The Morgan fingerprint density at radius 2 is 2.16 bits per heavy atom. The van der Waals surface area contributed by atoms with Gasteiger partial charge in [0.05, 0.1) is 6.61 Å². The minimum Gasteiger partial charge on any atom is -0.494 e. The molecule has 1 aromatic carbocycles. The molecule has 0 radical (unpaired) electrons. The predicted octanol–water partition coefficient (Wildman–Crippen LogP) is 3.61. The van der Waals surface area contributed by atoms with Crippen molar-refractivity contribution in [3.05, 3.63) is 29.8 Å². The third kappa shape index (κ3) is 6.48. The van der Waals surface area contributed by atoms with E-state index < -0.39 is 0 Å².